The molecule has 0 aromatic heterocycles. The highest BCUT2D eigenvalue weighted by Gasteiger charge is 2.52. The van der Waals surface area contributed by atoms with Gasteiger partial charge >= 0.3 is 0 Å². The third kappa shape index (κ3) is 4.74. The second-order valence-electron chi connectivity index (χ2n) is 7.95. The summed E-state index contributed by atoms with van der Waals surface area (Å²) in [6.45, 7) is 2.90. The molecule has 0 aromatic rings. The van der Waals surface area contributed by atoms with Crippen LogP contribution in [0.3, 0.4) is 0 Å². The topological polar surface area (TPSA) is 126 Å². The molecule has 0 aromatic carbocycles. The number of nitrogens with zero attached hydrogens (tertiary/aromatic N) is 1. The Bertz CT molecular complexity index is 798. The van der Waals surface area contributed by atoms with Crippen molar-refractivity contribution >= 4 is 30.2 Å². The smallest absolute Gasteiger partial charge is 0.266 e. The molecule has 2 saturated carbocycles. The first-order valence-corrected chi connectivity index (χ1v) is 13.2. The zero-order valence-corrected chi connectivity index (χ0v) is 17.2. The molecule has 0 aliphatic heterocycles. The maximum atomic E-state index is 13.2. The Balaban J connectivity index is 2.36. The summed E-state index contributed by atoms with van der Waals surface area (Å²) in [6, 6.07) is 0. The van der Waals surface area contributed by atoms with Crippen molar-refractivity contribution in [1.29, 1.82) is 0 Å². The molecule has 148 valence electrons. The molecule has 0 saturated heterocycles. The summed E-state index contributed by atoms with van der Waals surface area (Å²) in [5.41, 5.74) is 0. The molecule has 25 heavy (non-hydrogen) atoms. The van der Waals surface area contributed by atoms with Gasteiger partial charge in [-0.3, -0.25) is 4.55 Å². The molecular formula is C14H27NO7S3. The second kappa shape index (κ2) is 6.74. The van der Waals surface area contributed by atoms with Gasteiger partial charge in [-0.15, -0.1) is 0 Å². The number of fused-ring (bicyclic) bond motifs is 2. The maximum Gasteiger partial charge on any atom is 0.266 e. The predicted octanol–water partition coefficient (Wildman–Crippen LogP) is 1.07. The van der Waals surface area contributed by atoms with Gasteiger partial charge in [0.2, 0.25) is 20.0 Å². The molecule has 1 N–H and O–H groups in total. The van der Waals surface area contributed by atoms with Gasteiger partial charge in [-0.2, -0.15) is 8.42 Å². The van der Waals surface area contributed by atoms with Gasteiger partial charge in [0.1, 0.15) is 0 Å². The summed E-state index contributed by atoms with van der Waals surface area (Å²) in [6.07, 6.45) is 4.28. The number of hydrogen-bond donors (Lipinski definition) is 1. The fourth-order valence-corrected chi connectivity index (χ4v) is 9.40. The zero-order chi connectivity index (χ0) is 19.3. The van der Waals surface area contributed by atoms with Crippen LogP contribution in [0.4, 0.5) is 0 Å². The van der Waals surface area contributed by atoms with E-state index in [1.807, 2.05) is 0 Å². The van der Waals surface area contributed by atoms with Gasteiger partial charge < -0.3 is 0 Å². The lowest BCUT2D eigenvalue weighted by Crippen LogP contribution is -2.54. The summed E-state index contributed by atoms with van der Waals surface area (Å²) < 4.78 is 80.3. The van der Waals surface area contributed by atoms with Crippen molar-refractivity contribution in [1.82, 2.24) is 3.71 Å². The fourth-order valence-electron chi connectivity index (χ4n) is 4.65. The van der Waals surface area contributed by atoms with Gasteiger partial charge in [-0.1, -0.05) is 10.6 Å². The van der Waals surface area contributed by atoms with Crippen LogP contribution in [0, 0.1) is 17.8 Å². The van der Waals surface area contributed by atoms with E-state index in [0.717, 1.165) is 25.5 Å². The van der Waals surface area contributed by atoms with Crippen molar-refractivity contribution in [2.45, 2.75) is 50.7 Å². The van der Waals surface area contributed by atoms with Crippen molar-refractivity contribution in [3.8, 4) is 0 Å². The largest absolute Gasteiger partial charge is 0.286 e. The molecule has 2 bridgehead atoms. The molecule has 0 spiro atoms. The lowest BCUT2D eigenvalue weighted by atomic mass is 9.65. The van der Waals surface area contributed by atoms with Crippen LogP contribution in [0.25, 0.3) is 0 Å². The molecule has 2 aliphatic rings. The van der Waals surface area contributed by atoms with Crippen LogP contribution in [0.2, 0.25) is 0 Å². The molecule has 2 unspecified atom stereocenters. The average Bonchev–Trinajstić information content (AvgIpc) is 2.32. The zero-order valence-electron chi connectivity index (χ0n) is 14.8. The monoisotopic (exact) mass is 417 g/mol. The van der Waals surface area contributed by atoms with Gasteiger partial charge in [0.25, 0.3) is 10.1 Å². The molecule has 0 radical (unpaired) electrons. The molecule has 0 amide bonds. The van der Waals surface area contributed by atoms with Gasteiger partial charge in [-0.25, -0.2) is 16.8 Å². The number of hydrogen-bond acceptors (Lipinski definition) is 6. The van der Waals surface area contributed by atoms with E-state index in [1.54, 1.807) is 6.92 Å². The van der Waals surface area contributed by atoms with Crippen molar-refractivity contribution in [3.05, 3.63) is 0 Å². The van der Waals surface area contributed by atoms with E-state index in [2.05, 4.69) is 6.92 Å². The summed E-state index contributed by atoms with van der Waals surface area (Å²) >= 11 is 0. The lowest BCUT2D eigenvalue weighted by Gasteiger charge is -2.47. The van der Waals surface area contributed by atoms with Crippen LogP contribution >= 0.6 is 0 Å². The Hall–Kier alpha value is -0.230. The Labute approximate surface area is 150 Å². The third-order valence-electron chi connectivity index (χ3n) is 5.37. The van der Waals surface area contributed by atoms with E-state index in [0.29, 0.717) is 18.8 Å². The van der Waals surface area contributed by atoms with Crippen LogP contribution in [-0.4, -0.2) is 56.8 Å². The van der Waals surface area contributed by atoms with E-state index in [-0.39, 0.29) is 15.5 Å². The van der Waals surface area contributed by atoms with Gasteiger partial charge in [-0.05, 0) is 56.8 Å². The molecule has 2 fully saturated rings. The SMILES string of the molecule is CC1CC2CC(C1)CC(C)(S(=O)(=O)N(CCS(=O)(=O)O)S(C)(=O)=O)C2. The average molecular weight is 418 g/mol. The van der Waals surface area contributed by atoms with E-state index in [4.69, 9.17) is 4.55 Å². The van der Waals surface area contributed by atoms with Crippen LogP contribution in [-0.2, 0) is 30.2 Å². The fraction of sp³-hybridized carbons (Fsp3) is 1.00. The first-order valence-electron chi connectivity index (χ1n) is 8.32. The molecule has 11 heteroatoms. The summed E-state index contributed by atoms with van der Waals surface area (Å²) in [5.74, 6) is 0.0243. The van der Waals surface area contributed by atoms with Gasteiger partial charge in [0.05, 0.1) is 16.8 Å². The Morgan fingerprint density at radius 2 is 1.48 bits per heavy atom. The molecular weight excluding hydrogens is 390 g/mol. The van der Waals surface area contributed by atoms with E-state index in [9.17, 15) is 25.3 Å². The number of rotatable bonds is 6. The molecule has 0 heterocycles. The number of sulfonamides is 2. The summed E-state index contributed by atoms with van der Waals surface area (Å²) in [7, 11) is -13.0. The van der Waals surface area contributed by atoms with Crippen molar-refractivity contribution in [2.75, 3.05) is 18.6 Å². The maximum absolute atomic E-state index is 13.2. The van der Waals surface area contributed by atoms with Crippen LogP contribution < -0.4 is 0 Å². The van der Waals surface area contributed by atoms with E-state index in [1.165, 1.54) is 0 Å². The Morgan fingerprint density at radius 3 is 1.88 bits per heavy atom. The van der Waals surface area contributed by atoms with Gasteiger partial charge in [0.15, 0.2) is 0 Å². The molecule has 2 atom stereocenters. The highest BCUT2D eigenvalue weighted by atomic mass is 32.3. The molecule has 2 aliphatic carbocycles. The molecule has 2 rings (SSSR count). The second-order valence-corrected chi connectivity index (χ2v) is 14.0. The van der Waals surface area contributed by atoms with E-state index < -0.39 is 47.2 Å². The highest BCUT2D eigenvalue weighted by molar-refractivity contribution is 8.04. The molecule has 8 nitrogen and oxygen atoms in total. The minimum absolute atomic E-state index is 0.227. The quantitative estimate of drug-likeness (QED) is 0.641. The summed E-state index contributed by atoms with van der Waals surface area (Å²) in [4.78, 5) is 0. The van der Waals surface area contributed by atoms with Crippen molar-refractivity contribution in [3.63, 3.8) is 0 Å². The first kappa shape index (κ1) is 21.1. The van der Waals surface area contributed by atoms with E-state index >= 15 is 0 Å². The predicted molar refractivity (Wildman–Crippen MR) is 94.5 cm³/mol. The van der Waals surface area contributed by atoms with Crippen LogP contribution in [0.5, 0.6) is 0 Å². The minimum Gasteiger partial charge on any atom is -0.286 e. The first-order chi connectivity index (χ1) is 11.1. The van der Waals surface area contributed by atoms with Crippen LogP contribution in [0.1, 0.15) is 46.0 Å². The van der Waals surface area contributed by atoms with Gasteiger partial charge in [0, 0.05) is 6.54 Å². The lowest BCUT2D eigenvalue weighted by molar-refractivity contribution is 0.119. The van der Waals surface area contributed by atoms with Crippen molar-refractivity contribution in [2.24, 2.45) is 17.8 Å². The summed E-state index contributed by atoms with van der Waals surface area (Å²) in [5, 5.41) is 0. The minimum atomic E-state index is -4.48. The van der Waals surface area contributed by atoms with Crippen LogP contribution in [0.15, 0.2) is 0 Å². The standard InChI is InChI=1S/C14H27NO7S3/c1-11-6-12-8-13(7-11)10-14(2,9-12)25(21,22)15(23(3,16)17)4-5-24(18,19)20/h11-13H,4-10H2,1-3H3,(H,18,19,20). The Morgan fingerprint density at radius 1 is 1.00 bits per heavy atom. The third-order valence-corrected chi connectivity index (χ3v) is 10.7. The van der Waals surface area contributed by atoms with Crippen molar-refractivity contribution < 1.29 is 29.8 Å². The normalized spacial score (nSPS) is 34.2. The highest BCUT2D eigenvalue weighted by Crippen LogP contribution is 2.50. The Kier molecular flexibility index (Phi) is 5.68.